The van der Waals surface area contributed by atoms with Gasteiger partial charge in [-0.2, -0.15) is 0 Å². The molecule has 8 nitrogen and oxygen atoms in total. The molecule has 0 aliphatic carbocycles. The zero-order valence-corrected chi connectivity index (χ0v) is 19.3. The van der Waals surface area contributed by atoms with Gasteiger partial charge in [-0.15, -0.1) is 0 Å². The molecular weight excluding hydrogens is 480 g/mol. The zero-order chi connectivity index (χ0) is 22.9. The minimum atomic E-state index is -0.934. The summed E-state index contributed by atoms with van der Waals surface area (Å²) < 4.78 is 16.5. The van der Waals surface area contributed by atoms with Gasteiger partial charge in [0.1, 0.15) is 25.0 Å². The van der Waals surface area contributed by atoms with Gasteiger partial charge in [-0.1, -0.05) is 30.3 Å². The second kappa shape index (κ2) is 11.6. The van der Waals surface area contributed by atoms with Crippen LogP contribution in [0.1, 0.15) is 22.3 Å². The average Bonchev–Trinajstić information content (AvgIpc) is 2.80. The van der Waals surface area contributed by atoms with Gasteiger partial charge in [0.15, 0.2) is 0 Å². The van der Waals surface area contributed by atoms with Gasteiger partial charge in [0.25, 0.3) is 5.91 Å². The lowest BCUT2D eigenvalue weighted by Crippen LogP contribution is -2.57. The average molecular weight is 505 g/mol. The Bertz CT molecular complexity index is 953. The number of halogens is 1. The molecule has 0 bridgehead atoms. The van der Waals surface area contributed by atoms with Gasteiger partial charge in [-0.05, 0) is 39.7 Å². The third-order valence-electron chi connectivity index (χ3n) is 4.92. The quantitative estimate of drug-likeness (QED) is 0.416. The lowest BCUT2D eigenvalue weighted by Gasteiger charge is -2.34. The van der Waals surface area contributed by atoms with E-state index in [9.17, 15) is 14.4 Å². The topological polar surface area (TPSA) is 94.2 Å². The molecule has 1 unspecified atom stereocenters. The molecule has 3 rings (SSSR count). The van der Waals surface area contributed by atoms with E-state index >= 15 is 0 Å². The van der Waals surface area contributed by atoms with Crippen molar-refractivity contribution in [3.8, 4) is 5.75 Å². The van der Waals surface area contributed by atoms with Crippen molar-refractivity contribution in [3.05, 3.63) is 64.1 Å². The maximum absolute atomic E-state index is 13.2. The number of carbonyl (C=O) groups is 3. The van der Waals surface area contributed by atoms with Crippen LogP contribution in [0.3, 0.4) is 0 Å². The van der Waals surface area contributed by atoms with Crippen LogP contribution in [-0.2, 0) is 25.7 Å². The number of benzene rings is 2. The number of piperazine rings is 1. The highest BCUT2D eigenvalue weighted by Crippen LogP contribution is 2.27. The molecule has 0 aromatic heterocycles. The van der Waals surface area contributed by atoms with E-state index in [1.54, 1.807) is 25.3 Å². The summed E-state index contributed by atoms with van der Waals surface area (Å²) in [6, 6.07) is 13.3. The van der Waals surface area contributed by atoms with Crippen LogP contribution in [0.2, 0.25) is 0 Å². The van der Waals surface area contributed by atoms with E-state index in [0.717, 1.165) is 5.56 Å². The van der Waals surface area contributed by atoms with E-state index in [4.69, 9.17) is 14.2 Å². The van der Waals surface area contributed by atoms with Gasteiger partial charge in [0.05, 0.1) is 17.5 Å². The highest BCUT2D eigenvalue weighted by Gasteiger charge is 2.35. The van der Waals surface area contributed by atoms with Crippen LogP contribution in [0, 0.1) is 0 Å². The first kappa shape index (κ1) is 23.7. The number of rotatable bonds is 9. The number of carbonyl (C=O) groups excluding carboxylic acids is 3. The molecule has 1 fully saturated rings. The Kier molecular flexibility index (Phi) is 8.64. The van der Waals surface area contributed by atoms with Crippen molar-refractivity contribution in [2.24, 2.45) is 0 Å². The Morgan fingerprint density at radius 2 is 1.94 bits per heavy atom. The van der Waals surface area contributed by atoms with Crippen LogP contribution in [0.5, 0.6) is 5.75 Å². The van der Waals surface area contributed by atoms with E-state index in [0.29, 0.717) is 42.1 Å². The number of methoxy groups -OCH3 is 1. The molecule has 9 heteroatoms. The Balaban J connectivity index is 1.66. The van der Waals surface area contributed by atoms with Crippen LogP contribution in [0.15, 0.2) is 53.0 Å². The number of nitrogens with one attached hydrogen (secondary N) is 1. The van der Waals surface area contributed by atoms with Crippen molar-refractivity contribution in [1.82, 2.24) is 10.2 Å². The van der Waals surface area contributed by atoms with Crippen LogP contribution < -0.4 is 10.1 Å². The Morgan fingerprint density at radius 1 is 1.16 bits per heavy atom. The van der Waals surface area contributed by atoms with Crippen LogP contribution >= 0.6 is 15.9 Å². The molecule has 1 atom stereocenters. The van der Waals surface area contributed by atoms with E-state index in [-0.39, 0.29) is 24.8 Å². The molecular formula is C23H25BrN2O6. The third kappa shape index (κ3) is 6.30. The maximum atomic E-state index is 13.2. The fraction of sp³-hybridized carbons (Fsp3) is 0.348. The van der Waals surface area contributed by atoms with Crippen LogP contribution in [0.4, 0.5) is 0 Å². The summed E-state index contributed by atoms with van der Waals surface area (Å²) >= 11 is 3.41. The monoisotopic (exact) mass is 504 g/mol. The summed E-state index contributed by atoms with van der Waals surface area (Å²) in [7, 11) is 1.59. The first-order valence-corrected chi connectivity index (χ1v) is 11.0. The second-order valence-electron chi connectivity index (χ2n) is 7.14. The van der Waals surface area contributed by atoms with Crippen LogP contribution in [-0.4, -0.2) is 62.1 Å². The van der Waals surface area contributed by atoms with E-state index < -0.39 is 12.0 Å². The SMILES string of the molecule is COCCOc1ccc(C(=O)N2CCNC(=O)C2CC(=O)OCc2ccccc2)cc1Br. The smallest absolute Gasteiger partial charge is 0.308 e. The zero-order valence-electron chi connectivity index (χ0n) is 17.7. The van der Waals surface area contributed by atoms with Gasteiger partial charge in [0.2, 0.25) is 5.91 Å². The fourth-order valence-corrected chi connectivity index (χ4v) is 3.76. The van der Waals surface area contributed by atoms with Crippen molar-refractivity contribution in [2.75, 3.05) is 33.4 Å². The maximum Gasteiger partial charge on any atom is 0.308 e. The first-order valence-electron chi connectivity index (χ1n) is 10.2. The highest BCUT2D eigenvalue weighted by atomic mass is 79.9. The minimum Gasteiger partial charge on any atom is -0.490 e. The molecule has 1 saturated heterocycles. The molecule has 32 heavy (non-hydrogen) atoms. The highest BCUT2D eigenvalue weighted by molar-refractivity contribution is 9.10. The molecule has 2 amide bonds. The summed E-state index contributed by atoms with van der Waals surface area (Å²) in [5.74, 6) is -0.683. The van der Waals surface area contributed by atoms with Crippen molar-refractivity contribution in [2.45, 2.75) is 19.1 Å². The molecule has 2 aromatic carbocycles. The summed E-state index contributed by atoms with van der Waals surface area (Å²) in [6.45, 7) is 1.55. The predicted molar refractivity (Wildman–Crippen MR) is 120 cm³/mol. The number of hydrogen-bond donors (Lipinski definition) is 1. The standard InChI is InChI=1S/C23H25BrN2O6/c1-30-11-12-31-20-8-7-17(13-18(20)24)23(29)26-10-9-25-22(28)19(26)14-21(27)32-15-16-5-3-2-4-6-16/h2-8,13,19H,9-12,14-15H2,1H3,(H,25,28). The largest absolute Gasteiger partial charge is 0.490 e. The molecule has 0 spiro atoms. The number of nitrogens with zero attached hydrogens (tertiary/aromatic N) is 1. The number of esters is 1. The number of ether oxygens (including phenoxy) is 3. The molecule has 1 aliphatic heterocycles. The van der Waals surface area contributed by atoms with Gasteiger partial charge < -0.3 is 24.4 Å². The third-order valence-corrected chi connectivity index (χ3v) is 5.54. The summed E-state index contributed by atoms with van der Waals surface area (Å²) in [5.41, 5.74) is 1.23. The molecule has 1 aliphatic rings. The lowest BCUT2D eigenvalue weighted by molar-refractivity contribution is -0.148. The molecule has 170 valence electrons. The van der Waals surface area contributed by atoms with Gasteiger partial charge in [0, 0.05) is 25.8 Å². The molecule has 0 saturated carbocycles. The Hall–Kier alpha value is -2.91. The van der Waals surface area contributed by atoms with E-state index in [2.05, 4.69) is 21.2 Å². The summed E-state index contributed by atoms with van der Waals surface area (Å²) in [4.78, 5) is 39.4. The molecule has 2 aromatic rings. The second-order valence-corrected chi connectivity index (χ2v) is 8.00. The Labute approximate surface area is 194 Å². The Morgan fingerprint density at radius 3 is 2.66 bits per heavy atom. The van der Waals surface area contributed by atoms with Gasteiger partial charge >= 0.3 is 5.97 Å². The fourth-order valence-electron chi connectivity index (χ4n) is 3.27. The minimum absolute atomic E-state index is 0.111. The predicted octanol–water partition coefficient (Wildman–Crippen LogP) is 2.55. The van der Waals surface area contributed by atoms with Crippen molar-refractivity contribution in [3.63, 3.8) is 0 Å². The first-order chi connectivity index (χ1) is 15.5. The van der Waals surface area contributed by atoms with Gasteiger partial charge in [-0.25, -0.2) is 0 Å². The van der Waals surface area contributed by atoms with E-state index in [1.807, 2.05) is 30.3 Å². The van der Waals surface area contributed by atoms with Gasteiger partial charge in [-0.3, -0.25) is 14.4 Å². The van der Waals surface area contributed by atoms with E-state index in [1.165, 1.54) is 4.90 Å². The summed E-state index contributed by atoms with van der Waals surface area (Å²) in [5, 5.41) is 2.72. The lowest BCUT2D eigenvalue weighted by atomic mass is 10.1. The van der Waals surface area contributed by atoms with Crippen molar-refractivity contribution >= 4 is 33.7 Å². The number of hydrogen-bond acceptors (Lipinski definition) is 6. The van der Waals surface area contributed by atoms with Crippen molar-refractivity contribution in [1.29, 1.82) is 0 Å². The van der Waals surface area contributed by atoms with Crippen LogP contribution in [0.25, 0.3) is 0 Å². The van der Waals surface area contributed by atoms with Crippen molar-refractivity contribution < 1.29 is 28.6 Å². The molecule has 1 N–H and O–H groups in total. The molecule has 0 radical (unpaired) electrons. The normalized spacial score (nSPS) is 15.8. The molecule has 1 heterocycles. The number of amides is 2. The summed E-state index contributed by atoms with van der Waals surface area (Å²) in [6.07, 6.45) is -0.218.